The van der Waals surface area contributed by atoms with Crippen molar-refractivity contribution in [3.63, 3.8) is 0 Å². The zero-order valence-electron chi connectivity index (χ0n) is 17.5. The maximum Gasteiger partial charge on any atom is 0.256 e. The first-order valence-corrected chi connectivity index (χ1v) is 10.7. The van der Waals surface area contributed by atoms with Crippen molar-refractivity contribution in [2.24, 2.45) is 5.92 Å². The van der Waals surface area contributed by atoms with Gasteiger partial charge in [-0.3, -0.25) is 25.2 Å². The number of carbonyl (C=O) groups is 3. The van der Waals surface area contributed by atoms with Gasteiger partial charge in [0.2, 0.25) is 5.91 Å². The van der Waals surface area contributed by atoms with Crippen LogP contribution in [0.1, 0.15) is 41.2 Å². The number of likely N-dealkylation sites (tertiary alicyclic amines) is 1. The standard InChI is InChI=1S/C23H26FN5O3/c24-18-8-6-17(7-9-18)23(32)29-12-10-16(11-13-29)21(30)27-28-22(31)20-14-19(25-26-20)15-4-2-1-3-5-15/h1-9,16,19-20,25-26H,10-14H2,(H,27,30)(H,28,31). The molecule has 2 atom stereocenters. The Kier molecular flexibility index (Phi) is 6.77. The van der Waals surface area contributed by atoms with Crippen molar-refractivity contribution in [3.05, 3.63) is 71.5 Å². The van der Waals surface area contributed by atoms with Gasteiger partial charge in [0.1, 0.15) is 11.9 Å². The fraction of sp³-hybridized carbons (Fsp3) is 0.348. The Morgan fingerprint density at radius 3 is 2.22 bits per heavy atom. The molecular formula is C23H26FN5O3. The van der Waals surface area contributed by atoms with Gasteiger partial charge in [0, 0.05) is 30.6 Å². The van der Waals surface area contributed by atoms with Crippen molar-refractivity contribution < 1.29 is 18.8 Å². The molecular weight excluding hydrogens is 413 g/mol. The fourth-order valence-corrected chi connectivity index (χ4v) is 4.06. The topological polar surface area (TPSA) is 103 Å². The molecule has 2 heterocycles. The summed E-state index contributed by atoms with van der Waals surface area (Å²) >= 11 is 0. The van der Waals surface area contributed by atoms with Crippen LogP contribution >= 0.6 is 0 Å². The number of hydrogen-bond donors (Lipinski definition) is 4. The van der Waals surface area contributed by atoms with E-state index in [1.807, 2.05) is 30.3 Å². The van der Waals surface area contributed by atoms with Crippen LogP contribution in [0.4, 0.5) is 4.39 Å². The average molecular weight is 439 g/mol. The number of amides is 3. The van der Waals surface area contributed by atoms with Crippen molar-refractivity contribution in [2.75, 3.05) is 13.1 Å². The summed E-state index contributed by atoms with van der Waals surface area (Å²) in [6.07, 6.45) is 1.55. The molecule has 2 fully saturated rings. The van der Waals surface area contributed by atoms with E-state index >= 15 is 0 Å². The number of nitrogens with one attached hydrogen (secondary N) is 4. The molecule has 4 N–H and O–H groups in total. The van der Waals surface area contributed by atoms with Gasteiger partial charge in [-0.05, 0) is 49.1 Å². The van der Waals surface area contributed by atoms with Gasteiger partial charge in [-0.15, -0.1) is 0 Å². The summed E-state index contributed by atoms with van der Waals surface area (Å²) in [5.41, 5.74) is 12.6. The summed E-state index contributed by atoms with van der Waals surface area (Å²) in [4.78, 5) is 39.1. The molecule has 0 aromatic heterocycles. The average Bonchev–Trinajstić information content (AvgIpc) is 3.34. The van der Waals surface area contributed by atoms with Crippen molar-refractivity contribution in [1.82, 2.24) is 26.6 Å². The van der Waals surface area contributed by atoms with Crippen molar-refractivity contribution in [3.8, 4) is 0 Å². The van der Waals surface area contributed by atoms with Crippen LogP contribution in [-0.4, -0.2) is 41.8 Å². The highest BCUT2D eigenvalue weighted by atomic mass is 19.1. The zero-order valence-corrected chi connectivity index (χ0v) is 17.5. The third-order valence-electron chi connectivity index (χ3n) is 5.97. The minimum Gasteiger partial charge on any atom is -0.339 e. The highest BCUT2D eigenvalue weighted by Crippen LogP contribution is 2.22. The molecule has 0 radical (unpaired) electrons. The van der Waals surface area contributed by atoms with Gasteiger partial charge in [-0.25, -0.2) is 15.2 Å². The van der Waals surface area contributed by atoms with Crippen molar-refractivity contribution >= 4 is 17.7 Å². The van der Waals surface area contributed by atoms with E-state index in [4.69, 9.17) is 0 Å². The van der Waals surface area contributed by atoms with Crippen molar-refractivity contribution in [1.29, 1.82) is 0 Å². The van der Waals surface area contributed by atoms with Gasteiger partial charge in [0.15, 0.2) is 0 Å². The van der Waals surface area contributed by atoms with Crippen LogP contribution in [0.3, 0.4) is 0 Å². The van der Waals surface area contributed by atoms with Crippen LogP contribution in [0.5, 0.6) is 0 Å². The molecule has 3 amide bonds. The highest BCUT2D eigenvalue weighted by molar-refractivity contribution is 5.94. The quantitative estimate of drug-likeness (QED) is 0.540. The van der Waals surface area contributed by atoms with Gasteiger partial charge in [0.25, 0.3) is 11.8 Å². The largest absolute Gasteiger partial charge is 0.339 e. The Balaban J connectivity index is 1.20. The molecule has 9 heteroatoms. The minimum atomic E-state index is -0.462. The van der Waals surface area contributed by atoms with Gasteiger partial charge >= 0.3 is 0 Å². The van der Waals surface area contributed by atoms with E-state index in [0.29, 0.717) is 37.9 Å². The number of benzene rings is 2. The lowest BCUT2D eigenvalue weighted by Crippen LogP contribution is -2.52. The van der Waals surface area contributed by atoms with Gasteiger partial charge in [-0.2, -0.15) is 0 Å². The molecule has 2 saturated heterocycles. The predicted octanol–water partition coefficient (Wildman–Crippen LogP) is 1.43. The van der Waals surface area contributed by atoms with E-state index < -0.39 is 11.9 Å². The second-order valence-electron chi connectivity index (χ2n) is 8.09. The van der Waals surface area contributed by atoms with E-state index in [2.05, 4.69) is 21.7 Å². The first kappa shape index (κ1) is 21.9. The van der Waals surface area contributed by atoms with Gasteiger partial charge < -0.3 is 4.90 Å². The van der Waals surface area contributed by atoms with E-state index in [9.17, 15) is 18.8 Å². The Morgan fingerprint density at radius 1 is 0.875 bits per heavy atom. The number of hydrazine groups is 2. The van der Waals surface area contributed by atoms with E-state index in [0.717, 1.165) is 5.56 Å². The van der Waals surface area contributed by atoms with E-state index in [-0.39, 0.29) is 29.7 Å². The Labute approximate surface area is 185 Å². The number of hydrogen-bond acceptors (Lipinski definition) is 5. The maximum atomic E-state index is 13.1. The smallest absolute Gasteiger partial charge is 0.256 e. The third-order valence-corrected chi connectivity index (χ3v) is 5.97. The first-order chi connectivity index (χ1) is 15.5. The number of rotatable bonds is 4. The fourth-order valence-electron chi connectivity index (χ4n) is 4.06. The molecule has 2 unspecified atom stereocenters. The van der Waals surface area contributed by atoms with Crippen LogP contribution in [0.2, 0.25) is 0 Å². The number of piperidine rings is 1. The summed E-state index contributed by atoms with van der Waals surface area (Å²) in [5.74, 6) is -1.44. The SMILES string of the molecule is O=C(NNC(=O)C1CC(c2ccccc2)NN1)C1CCN(C(=O)c2ccc(F)cc2)CC1. The molecule has 2 aliphatic rings. The third kappa shape index (κ3) is 5.12. The molecule has 0 saturated carbocycles. The first-order valence-electron chi connectivity index (χ1n) is 10.7. The van der Waals surface area contributed by atoms with Crippen LogP contribution in [0, 0.1) is 11.7 Å². The second-order valence-corrected chi connectivity index (χ2v) is 8.09. The predicted molar refractivity (Wildman–Crippen MR) is 115 cm³/mol. The number of carbonyl (C=O) groups excluding carboxylic acids is 3. The van der Waals surface area contributed by atoms with E-state index in [1.54, 1.807) is 4.90 Å². The summed E-state index contributed by atoms with van der Waals surface area (Å²) in [5, 5.41) is 0. The van der Waals surface area contributed by atoms with Crippen LogP contribution in [-0.2, 0) is 9.59 Å². The van der Waals surface area contributed by atoms with Gasteiger partial charge in [0.05, 0.1) is 0 Å². The molecule has 0 bridgehead atoms. The molecule has 32 heavy (non-hydrogen) atoms. The zero-order chi connectivity index (χ0) is 22.5. The summed E-state index contributed by atoms with van der Waals surface area (Å²) in [6, 6.07) is 14.8. The molecule has 8 nitrogen and oxygen atoms in total. The normalized spacial score (nSPS) is 21.2. The Morgan fingerprint density at radius 2 is 1.53 bits per heavy atom. The lowest BCUT2D eigenvalue weighted by molar-refractivity contribution is -0.132. The molecule has 168 valence electrons. The molecule has 2 aromatic carbocycles. The van der Waals surface area contributed by atoms with E-state index in [1.165, 1.54) is 24.3 Å². The molecule has 0 aliphatic carbocycles. The molecule has 2 aliphatic heterocycles. The number of nitrogens with zero attached hydrogens (tertiary/aromatic N) is 1. The van der Waals surface area contributed by atoms with Crippen LogP contribution in [0.25, 0.3) is 0 Å². The summed E-state index contributed by atoms with van der Waals surface area (Å²) in [7, 11) is 0. The van der Waals surface area contributed by atoms with Gasteiger partial charge in [-0.1, -0.05) is 30.3 Å². The lowest BCUT2D eigenvalue weighted by Gasteiger charge is -2.31. The monoisotopic (exact) mass is 439 g/mol. The molecule has 2 aromatic rings. The maximum absolute atomic E-state index is 13.1. The lowest BCUT2D eigenvalue weighted by atomic mass is 9.95. The summed E-state index contributed by atoms with van der Waals surface area (Å²) < 4.78 is 13.1. The van der Waals surface area contributed by atoms with Crippen molar-refractivity contribution in [2.45, 2.75) is 31.3 Å². The Hall–Kier alpha value is -3.30. The molecule has 4 rings (SSSR count). The van der Waals surface area contributed by atoms with Crippen LogP contribution < -0.4 is 21.7 Å². The molecule has 0 spiro atoms. The minimum absolute atomic E-state index is 0.0191. The Bertz CT molecular complexity index is 961. The highest BCUT2D eigenvalue weighted by Gasteiger charge is 2.32. The second kappa shape index (κ2) is 9.88. The van der Waals surface area contributed by atoms with Crippen LogP contribution in [0.15, 0.2) is 54.6 Å². The summed E-state index contributed by atoms with van der Waals surface area (Å²) in [6.45, 7) is 0.851. The number of halogens is 1.